The van der Waals surface area contributed by atoms with Crippen molar-refractivity contribution in [3.63, 3.8) is 0 Å². The van der Waals surface area contributed by atoms with Gasteiger partial charge in [0, 0.05) is 26.2 Å². The summed E-state index contributed by atoms with van der Waals surface area (Å²) in [5.74, 6) is -0.820. The van der Waals surface area contributed by atoms with Crippen molar-refractivity contribution in [2.24, 2.45) is 5.73 Å². The second kappa shape index (κ2) is 12.3. The first-order valence-corrected chi connectivity index (χ1v) is 14.5. The number of carbonyl (C=O) groups excluding carboxylic acids is 2. The molecule has 1 aliphatic carbocycles. The van der Waals surface area contributed by atoms with E-state index in [9.17, 15) is 35.9 Å². The van der Waals surface area contributed by atoms with Gasteiger partial charge in [-0.3, -0.25) is 14.5 Å². The molecule has 3 aromatic rings. The molecule has 0 saturated carbocycles. The molecular weight excluding hydrogens is 584 g/mol. The molecule has 1 fully saturated rings. The quantitative estimate of drug-likeness (QED) is 0.233. The fourth-order valence-corrected chi connectivity index (χ4v) is 6.60. The molecule has 2 N–H and O–H groups in total. The van der Waals surface area contributed by atoms with Crippen LogP contribution in [0.2, 0.25) is 0 Å². The van der Waals surface area contributed by atoms with Crippen LogP contribution in [0.3, 0.4) is 0 Å². The number of amides is 2. The van der Waals surface area contributed by atoms with Gasteiger partial charge in [-0.1, -0.05) is 61.0 Å². The van der Waals surface area contributed by atoms with Gasteiger partial charge in [-0.05, 0) is 64.9 Å². The van der Waals surface area contributed by atoms with Gasteiger partial charge in [-0.25, -0.2) is 0 Å². The third-order valence-corrected chi connectivity index (χ3v) is 8.70. The molecule has 5 nitrogen and oxygen atoms in total. The number of primary amides is 1. The number of carbonyl (C=O) groups is 2. The van der Waals surface area contributed by atoms with E-state index < -0.39 is 35.7 Å². The van der Waals surface area contributed by atoms with Crippen LogP contribution in [0.4, 0.5) is 26.3 Å². The SMILES string of the molecule is NC(=O)C1(CCCCN2CCN(C(=O)Cc3ccc(C(F)(F)F)cc3)CC2)c2ccccc2-c2cccc(CC(F)(F)F)c21. The second-order valence-corrected chi connectivity index (χ2v) is 11.5. The van der Waals surface area contributed by atoms with Gasteiger partial charge in [0.25, 0.3) is 0 Å². The molecule has 0 radical (unpaired) electrons. The molecule has 234 valence electrons. The highest BCUT2D eigenvalue weighted by atomic mass is 19.4. The highest BCUT2D eigenvalue weighted by molar-refractivity contribution is 6.00. The Bertz CT molecular complexity index is 1510. The summed E-state index contributed by atoms with van der Waals surface area (Å²) in [7, 11) is 0. The molecule has 1 aliphatic heterocycles. The topological polar surface area (TPSA) is 66.6 Å². The Kier molecular flexibility index (Phi) is 8.80. The fourth-order valence-electron chi connectivity index (χ4n) is 6.60. The van der Waals surface area contributed by atoms with Crippen molar-refractivity contribution in [2.75, 3.05) is 32.7 Å². The molecule has 1 saturated heterocycles. The molecule has 0 aromatic heterocycles. The van der Waals surface area contributed by atoms with E-state index in [0.717, 1.165) is 17.7 Å². The summed E-state index contributed by atoms with van der Waals surface area (Å²) in [5.41, 5.74) is 6.80. The number of unbranched alkanes of at least 4 members (excludes halogenated alkanes) is 1. The maximum Gasteiger partial charge on any atom is 0.416 e. The van der Waals surface area contributed by atoms with E-state index in [1.165, 1.54) is 18.2 Å². The number of halogens is 6. The molecule has 2 aliphatic rings. The van der Waals surface area contributed by atoms with Crippen molar-refractivity contribution in [1.29, 1.82) is 0 Å². The van der Waals surface area contributed by atoms with Gasteiger partial charge < -0.3 is 10.6 Å². The first-order chi connectivity index (χ1) is 20.8. The van der Waals surface area contributed by atoms with Crippen molar-refractivity contribution in [1.82, 2.24) is 9.80 Å². The first-order valence-electron chi connectivity index (χ1n) is 14.5. The molecule has 11 heteroatoms. The van der Waals surface area contributed by atoms with Crippen LogP contribution in [0.1, 0.15) is 47.1 Å². The molecule has 3 aromatic carbocycles. The summed E-state index contributed by atoms with van der Waals surface area (Å²) < 4.78 is 79.1. The maximum absolute atomic E-state index is 13.6. The van der Waals surface area contributed by atoms with E-state index in [1.54, 1.807) is 35.2 Å². The number of nitrogens with two attached hydrogens (primary N) is 1. The van der Waals surface area contributed by atoms with E-state index in [4.69, 9.17) is 5.73 Å². The minimum Gasteiger partial charge on any atom is -0.369 e. The number of piperazine rings is 1. The zero-order valence-corrected chi connectivity index (χ0v) is 24.0. The predicted molar refractivity (Wildman–Crippen MR) is 154 cm³/mol. The minimum atomic E-state index is -4.45. The normalized spacial score (nSPS) is 18.6. The summed E-state index contributed by atoms with van der Waals surface area (Å²) >= 11 is 0. The number of rotatable bonds is 9. The standard InChI is InChI=1S/C33H33F6N3O2/c34-32(35,36)21-23-6-5-8-26-25-7-1-2-9-27(25)31(29(23)26,30(40)44)14-3-4-15-41-16-18-42(19-17-41)28(43)20-22-10-12-24(13-11-22)33(37,38)39/h1-2,5-13H,3-4,14-21H2,(H2,40,44). The molecule has 1 unspecified atom stereocenters. The van der Waals surface area contributed by atoms with Crippen LogP contribution >= 0.6 is 0 Å². The number of fused-ring (bicyclic) bond motifs is 3. The van der Waals surface area contributed by atoms with E-state index >= 15 is 0 Å². The van der Waals surface area contributed by atoms with Crippen LogP contribution in [0.15, 0.2) is 66.7 Å². The molecule has 1 atom stereocenters. The average molecular weight is 618 g/mol. The Balaban J connectivity index is 1.19. The fraction of sp³-hybridized carbons (Fsp3) is 0.394. The number of hydrogen-bond acceptors (Lipinski definition) is 3. The average Bonchev–Trinajstić information content (AvgIpc) is 3.26. The highest BCUT2D eigenvalue weighted by Gasteiger charge is 2.49. The van der Waals surface area contributed by atoms with Gasteiger partial charge >= 0.3 is 12.4 Å². The van der Waals surface area contributed by atoms with Crippen molar-refractivity contribution in [3.8, 4) is 11.1 Å². The largest absolute Gasteiger partial charge is 0.416 e. The van der Waals surface area contributed by atoms with Crippen molar-refractivity contribution >= 4 is 11.8 Å². The lowest BCUT2D eigenvalue weighted by molar-refractivity contribution is -0.137. The zero-order valence-electron chi connectivity index (χ0n) is 24.0. The lowest BCUT2D eigenvalue weighted by Gasteiger charge is -2.35. The van der Waals surface area contributed by atoms with Gasteiger partial charge in [0.15, 0.2) is 0 Å². The van der Waals surface area contributed by atoms with Crippen LogP contribution in [-0.2, 0) is 34.0 Å². The van der Waals surface area contributed by atoms with Crippen molar-refractivity contribution in [2.45, 2.75) is 49.9 Å². The van der Waals surface area contributed by atoms with Crippen LogP contribution in [-0.4, -0.2) is 60.5 Å². The summed E-state index contributed by atoms with van der Waals surface area (Å²) in [5, 5.41) is 0. The monoisotopic (exact) mass is 617 g/mol. The number of hydrogen-bond donors (Lipinski definition) is 1. The zero-order chi connectivity index (χ0) is 31.7. The van der Waals surface area contributed by atoms with Gasteiger partial charge in [0.1, 0.15) is 5.41 Å². The van der Waals surface area contributed by atoms with Gasteiger partial charge in [-0.15, -0.1) is 0 Å². The third-order valence-electron chi connectivity index (χ3n) is 8.70. The molecule has 1 heterocycles. The first kappa shape index (κ1) is 31.6. The third kappa shape index (κ3) is 6.47. The Morgan fingerprint density at radius 3 is 2.09 bits per heavy atom. The Morgan fingerprint density at radius 1 is 0.795 bits per heavy atom. The summed E-state index contributed by atoms with van der Waals surface area (Å²) in [4.78, 5) is 29.8. The van der Waals surface area contributed by atoms with E-state index in [1.807, 2.05) is 6.07 Å². The van der Waals surface area contributed by atoms with Crippen LogP contribution in [0.25, 0.3) is 11.1 Å². The van der Waals surface area contributed by atoms with Crippen molar-refractivity contribution < 1.29 is 35.9 Å². The Hall–Kier alpha value is -3.86. The van der Waals surface area contributed by atoms with E-state index in [2.05, 4.69) is 4.90 Å². The summed E-state index contributed by atoms with van der Waals surface area (Å²) in [6.45, 7) is 2.86. The molecule has 0 spiro atoms. The van der Waals surface area contributed by atoms with Gasteiger partial charge in [0.05, 0.1) is 18.4 Å². The Labute approximate surface area is 251 Å². The van der Waals surface area contributed by atoms with E-state index in [-0.39, 0.29) is 24.3 Å². The molecule has 5 rings (SSSR count). The van der Waals surface area contributed by atoms with Crippen molar-refractivity contribution in [3.05, 3.63) is 94.5 Å². The minimum absolute atomic E-state index is 0.0204. The number of nitrogens with zero attached hydrogens (tertiary/aromatic N) is 2. The molecule has 2 amide bonds. The second-order valence-electron chi connectivity index (χ2n) is 11.5. The maximum atomic E-state index is 13.6. The van der Waals surface area contributed by atoms with Gasteiger partial charge in [-0.2, -0.15) is 26.3 Å². The van der Waals surface area contributed by atoms with E-state index in [0.29, 0.717) is 67.8 Å². The van der Waals surface area contributed by atoms with Gasteiger partial charge in [0.2, 0.25) is 11.8 Å². The predicted octanol–water partition coefficient (Wildman–Crippen LogP) is 6.12. The highest BCUT2D eigenvalue weighted by Crippen LogP contribution is 2.53. The van der Waals surface area contributed by atoms with Crippen LogP contribution in [0, 0.1) is 0 Å². The lowest BCUT2D eigenvalue weighted by Crippen LogP contribution is -2.49. The van der Waals surface area contributed by atoms with Crippen LogP contribution < -0.4 is 5.73 Å². The smallest absolute Gasteiger partial charge is 0.369 e. The number of alkyl halides is 6. The lowest BCUT2D eigenvalue weighted by atomic mass is 9.71. The molecule has 44 heavy (non-hydrogen) atoms. The molecule has 0 bridgehead atoms. The number of benzene rings is 3. The Morgan fingerprint density at radius 2 is 1.45 bits per heavy atom. The van der Waals surface area contributed by atoms with Crippen LogP contribution in [0.5, 0.6) is 0 Å². The summed E-state index contributed by atoms with van der Waals surface area (Å²) in [6.07, 6.45) is -8.52. The summed E-state index contributed by atoms with van der Waals surface area (Å²) in [6, 6.07) is 16.5. The molecular formula is C33H33F6N3O2.